The number of imidazole rings is 1. The van der Waals surface area contributed by atoms with Crippen LogP contribution in [0.2, 0.25) is 11.5 Å². The van der Waals surface area contributed by atoms with Crippen molar-refractivity contribution in [2.45, 2.75) is 143 Å². The van der Waals surface area contributed by atoms with Gasteiger partial charge in [-0.05, 0) is 21.8 Å². The quantitative estimate of drug-likeness (QED) is 0.133. The number of benzene rings is 6. The van der Waals surface area contributed by atoms with E-state index in [0.29, 0.717) is 5.82 Å². The van der Waals surface area contributed by atoms with E-state index >= 15 is 0 Å². The van der Waals surface area contributed by atoms with Gasteiger partial charge < -0.3 is 0 Å². The third-order valence-electron chi connectivity index (χ3n) is 14.5. The maximum absolute atomic E-state index is 12.7. The number of pyridine rings is 1. The molecule has 370 valence electrons. The number of phenolic OH excluding ortho intramolecular Hbond substituents is 1. The number of hydrogen-bond donors (Lipinski definition) is 1. The number of aromatic hydroxyl groups is 1. The summed E-state index contributed by atoms with van der Waals surface area (Å²) in [5, 5.41) is 12.7. The van der Waals surface area contributed by atoms with E-state index in [1.807, 2.05) is 6.20 Å². The molecule has 0 amide bonds. The summed E-state index contributed by atoms with van der Waals surface area (Å²) in [5.41, 5.74) is 17.9. The van der Waals surface area contributed by atoms with Gasteiger partial charge in [0.2, 0.25) is 0 Å². The van der Waals surface area contributed by atoms with E-state index < -0.39 is 13.3 Å². The van der Waals surface area contributed by atoms with Gasteiger partial charge >= 0.3 is 304 Å². The molecule has 0 bridgehead atoms. The van der Waals surface area contributed by atoms with Crippen LogP contribution in [0, 0.1) is 11.5 Å². The summed E-state index contributed by atoms with van der Waals surface area (Å²) in [5.74, 6) is 6.06. The Kier molecular flexibility index (Phi) is 13.4. The smallest absolute Gasteiger partial charge is 0 e. The van der Waals surface area contributed by atoms with Crippen LogP contribution in [0.4, 0.5) is 0 Å². The van der Waals surface area contributed by atoms with Crippen LogP contribution in [-0.2, 0) is 49.1 Å². The Hall–Kier alpha value is -5.03. The second kappa shape index (κ2) is 18.2. The van der Waals surface area contributed by atoms with E-state index in [1.54, 1.807) is 4.40 Å². The molecule has 0 unspecified atom stereocenters. The summed E-state index contributed by atoms with van der Waals surface area (Å²) >= 11 is -2.89. The molecular formula is C65H74GeN3OPt-. The maximum Gasteiger partial charge on any atom is 0 e. The molecule has 6 aromatic carbocycles. The van der Waals surface area contributed by atoms with Gasteiger partial charge in [-0.25, -0.2) is 0 Å². The molecule has 71 heavy (non-hydrogen) atoms. The van der Waals surface area contributed by atoms with Crippen molar-refractivity contribution < 1.29 is 26.2 Å². The van der Waals surface area contributed by atoms with Crippen LogP contribution >= 0.6 is 0 Å². The van der Waals surface area contributed by atoms with Crippen molar-refractivity contribution in [3.05, 3.63) is 155 Å². The maximum atomic E-state index is 12.7. The molecule has 4 nitrogen and oxygen atoms in total. The van der Waals surface area contributed by atoms with Gasteiger partial charge in [0, 0.05) is 21.1 Å². The largest absolute Gasteiger partial charge is 0 e. The molecule has 1 N–H and O–H groups in total. The molecule has 3 heterocycles. The number of fused-ring (bicyclic) bond motifs is 4. The van der Waals surface area contributed by atoms with Crippen LogP contribution in [0.25, 0.3) is 72.7 Å². The molecule has 1 aliphatic rings. The fourth-order valence-electron chi connectivity index (χ4n) is 10.6. The predicted molar refractivity (Wildman–Crippen MR) is 301 cm³/mol. The summed E-state index contributed by atoms with van der Waals surface area (Å²) < 4.78 is 5.28. The monoisotopic (exact) mass is 1180 g/mol. The first-order chi connectivity index (χ1) is 32.5. The normalized spacial score (nSPS) is 13.8. The Morgan fingerprint density at radius 2 is 1.20 bits per heavy atom. The molecule has 0 fully saturated rings. The van der Waals surface area contributed by atoms with Crippen LogP contribution in [0.5, 0.6) is 5.75 Å². The summed E-state index contributed by atoms with van der Waals surface area (Å²) in [6, 6.07) is 46.7. The van der Waals surface area contributed by atoms with Crippen molar-refractivity contribution in [2.24, 2.45) is 5.41 Å². The number of para-hydroxylation sites is 1. The van der Waals surface area contributed by atoms with Crippen molar-refractivity contribution in [1.82, 2.24) is 14.5 Å². The first-order valence-electron chi connectivity index (χ1n) is 25.3. The van der Waals surface area contributed by atoms with Crippen LogP contribution < -0.4 is 8.79 Å². The zero-order chi connectivity index (χ0) is 50.7. The molecule has 0 radical (unpaired) electrons. The topological polar surface area (TPSA) is 50.9 Å². The molecule has 0 spiro atoms. The van der Waals surface area contributed by atoms with Gasteiger partial charge in [0.05, 0.1) is 0 Å². The number of nitrogens with zero attached hydrogens (tertiary/aromatic N) is 3. The van der Waals surface area contributed by atoms with Gasteiger partial charge in [0.15, 0.2) is 0 Å². The standard InChI is InChI=1S/C65H74GeN3O.Pt/c1-61(2,3)39-40-26-28-48-49-30-31-67-57(56(49)66(16,17)53(48)32-40)43-33-42(34-45(35-43)63(7,8)9)47-24-21-25-55-58(47)68-60(51-37-46(64(10,11)12)38-52(59(51)70)65(13,14)15)69(55)54-29-27-44(62(4,5)6)36-50(54)41-22-19-18-20-23-41;/h18-32,34-38,70H,39H2,1-17H3;/q-1;. The zero-order valence-electron chi connectivity index (χ0n) is 45.4. The predicted octanol–water partition coefficient (Wildman–Crippen LogP) is 16.2. The summed E-state index contributed by atoms with van der Waals surface area (Å²) in [7, 11) is 0. The van der Waals surface area contributed by atoms with Crippen molar-refractivity contribution >= 4 is 33.1 Å². The van der Waals surface area contributed by atoms with Crippen molar-refractivity contribution in [2.75, 3.05) is 0 Å². The zero-order valence-corrected chi connectivity index (χ0v) is 49.7. The second-order valence-corrected chi connectivity index (χ2v) is 35.0. The van der Waals surface area contributed by atoms with E-state index in [1.165, 1.54) is 32.2 Å². The van der Waals surface area contributed by atoms with Crippen LogP contribution in [0.1, 0.15) is 132 Å². The molecule has 9 rings (SSSR count). The van der Waals surface area contributed by atoms with E-state index in [2.05, 4.69) is 241 Å². The Labute approximate surface area is 442 Å². The minimum Gasteiger partial charge on any atom is 0 e. The van der Waals surface area contributed by atoms with E-state index in [4.69, 9.17) is 9.97 Å². The first-order valence-corrected chi connectivity index (χ1v) is 31.6. The van der Waals surface area contributed by atoms with E-state index in [-0.39, 0.29) is 53.9 Å². The number of hydrogen-bond acceptors (Lipinski definition) is 3. The van der Waals surface area contributed by atoms with Crippen LogP contribution in [0.3, 0.4) is 0 Å². The van der Waals surface area contributed by atoms with Gasteiger partial charge in [-0.1, -0.05) is 98.7 Å². The third-order valence-corrected chi connectivity index (χ3v) is 21.9. The van der Waals surface area contributed by atoms with Crippen LogP contribution in [-0.4, -0.2) is 32.9 Å². The van der Waals surface area contributed by atoms with Gasteiger partial charge in [-0.2, -0.15) is 0 Å². The number of phenols is 1. The number of rotatable bonds is 6. The Morgan fingerprint density at radius 3 is 1.83 bits per heavy atom. The molecule has 8 aromatic rings. The molecule has 0 saturated carbocycles. The molecular weight excluding hydrogens is 1110 g/mol. The van der Waals surface area contributed by atoms with E-state index in [0.717, 1.165) is 73.3 Å². The third kappa shape index (κ3) is 9.82. The Bertz CT molecular complexity index is 3340. The molecule has 1 aliphatic heterocycles. The fourth-order valence-corrected chi connectivity index (χ4v) is 17.7. The molecule has 6 heteroatoms. The van der Waals surface area contributed by atoms with Gasteiger partial charge in [0.25, 0.3) is 0 Å². The Morgan fingerprint density at radius 1 is 0.563 bits per heavy atom. The van der Waals surface area contributed by atoms with Crippen molar-refractivity contribution in [1.29, 1.82) is 0 Å². The van der Waals surface area contributed by atoms with Crippen molar-refractivity contribution in [3.63, 3.8) is 0 Å². The summed E-state index contributed by atoms with van der Waals surface area (Å²) in [4.78, 5) is 11.1. The molecule has 2 aromatic heterocycles. The summed E-state index contributed by atoms with van der Waals surface area (Å²) in [6.07, 6.45) is 3.05. The van der Waals surface area contributed by atoms with Gasteiger partial charge in [0.1, 0.15) is 0 Å². The number of aromatic nitrogens is 3. The molecule has 0 saturated heterocycles. The minimum atomic E-state index is -2.89. The molecule has 0 atom stereocenters. The van der Waals surface area contributed by atoms with Crippen molar-refractivity contribution in [3.8, 4) is 67.5 Å². The SMILES string of the molecule is CC(C)(C)Cc1ccc2[c](c1)[Ge]([CH3])([CH3])[c]1c-2ccnc1-c1[c-]c(-c2cccc3c2nc(-c2cc(C(C)(C)C)cc(C(C)(C)C)c2O)n3-c2ccc(C(C)(C)C)cc2-c2ccccc2)cc(C(C)(C)C)c1.[Pt]. The van der Waals surface area contributed by atoms with Crippen LogP contribution in [0.15, 0.2) is 121 Å². The van der Waals surface area contributed by atoms with E-state index in [9.17, 15) is 5.11 Å². The van der Waals surface area contributed by atoms with Gasteiger partial charge in [-0.15, -0.1) is 0 Å². The van der Waals surface area contributed by atoms with Gasteiger partial charge in [-0.3, -0.25) is 0 Å². The average molecular weight is 1180 g/mol. The average Bonchev–Trinajstić information content (AvgIpc) is 3.76. The summed E-state index contributed by atoms with van der Waals surface area (Å²) in [6.45, 7) is 34.0. The first kappa shape index (κ1) is 52.3. The minimum absolute atomic E-state index is 0. The second-order valence-electron chi connectivity index (χ2n) is 26.0. The molecule has 0 aliphatic carbocycles. The Balaban J connectivity index is 0.00000676. The fraction of sp³-hybridized carbons (Fsp3) is 0.354.